The van der Waals surface area contributed by atoms with Crippen molar-refractivity contribution in [1.82, 2.24) is 5.32 Å². The summed E-state index contributed by atoms with van der Waals surface area (Å²) >= 11 is 1.77. The highest BCUT2D eigenvalue weighted by atomic mass is 32.2. The molecule has 1 fully saturated rings. The Morgan fingerprint density at radius 2 is 2.57 bits per heavy atom. The second-order valence-corrected chi connectivity index (χ2v) is 4.73. The van der Waals surface area contributed by atoms with Gasteiger partial charge in [0.1, 0.15) is 5.54 Å². The average Bonchev–Trinajstić information content (AvgIpc) is 2.57. The summed E-state index contributed by atoms with van der Waals surface area (Å²) in [6, 6.07) is 0. The van der Waals surface area contributed by atoms with Crippen LogP contribution in [-0.4, -0.2) is 36.2 Å². The van der Waals surface area contributed by atoms with Crippen LogP contribution in [0.4, 0.5) is 0 Å². The SMILES string of the molecule is C#CCNC1(C(=O)OC)CCSC1C. The first-order valence-corrected chi connectivity index (χ1v) is 5.60. The van der Waals surface area contributed by atoms with Crippen molar-refractivity contribution in [2.24, 2.45) is 0 Å². The number of methoxy groups -OCH3 is 1. The van der Waals surface area contributed by atoms with E-state index in [0.717, 1.165) is 12.2 Å². The lowest BCUT2D eigenvalue weighted by Crippen LogP contribution is -2.56. The maximum Gasteiger partial charge on any atom is 0.327 e. The molecule has 14 heavy (non-hydrogen) atoms. The van der Waals surface area contributed by atoms with Crippen molar-refractivity contribution < 1.29 is 9.53 Å². The first-order chi connectivity index (χ1) is 6.67. The van der Waals surface area contributed by atoms with Crippen LogP contribution >= 0.6 is 11.8 Å². The van der Waals surface area contributed by atoms with Crippen LogP contribution in [0.2, 0.25) is 0 Å². The molecule has 78 valence electrons. The van der Waals surface area contributed by atoms with Gasteiger partial charge < -0.3 is 4.74 Å². The Balaban J connectivity index is 2.79. The second kappa shape index (κ2) is 4.72. The Morgan fingerprint density at radius 1 is 1.86 bits per heavy atom. The van der Waals surface area contributed by atoms with Gasteiger partial charge in [0.25, 0.3) is 0 Å². The summed E-state index contributed by atoms with van der Waals surface area (Å²) in [6.45, 7) is 2.43. The number of rotatable bonds is 3. The van der Waals surface area contributed by atoms with Crippen LogP contribution in [0.1, 0.15) is 13.3 Å². The molecule has 0 aliphatic carbocycles. The molecule has 0 radical (unpaired) electrons. The molecule has 4 heteroatoms. The molecule has 2 atom stereocenters. The first-order valence-electron chi connectivity index (χ1n) is 4.56. The number of ether oxygens (including phenoxy) is 1. The minimum Gasteiger partial charge on any atom is -0.468 e. The Hall–Kier alpha value is -0.660. The molecule has 0 spiro atoms. The van der Waals surface area contributed by atoms with E-state index in [-0.39, 0.29) is 11.2 Å². The van der Waals surface area contributed by atoms with Gasteiger partial charge in [-0.3, -0.25) is 10.1 Å². The Labute approximate surface area is 89.0 Å². The van der Waals surface area contributed by atoms with Crippen LogP contribution in [0.5, 0.6) is 0 Å². The Bertz CT molecular complexity index is 261. The molecule has 3 nitrogen and oxygen atoms in total. The highest BCUT2D eigenvalue weighted by Crippen LogP contribution is 2.36. The Kier molecular flexibility index (Phi) is 3.85. The molecule has 0 aromatic rings. The number of terminal acetylenes is 1. The summed E-state index contributed by atoms with van der Waals surface area (Å²) < 4.78 is 4.82. The summed E-state index contributed by atoms with van der Waals surface area (Å²) in [5.41, 5.74) is -0.578. The predicted octanol–water partition coefficient (Wildman–Crippen LogP) is 0.646. The minimum absolute atomic E-state index is 0.203. The number of esters is 1. The molecule has 0 aromatic carbocycles. The van der Waals surface area contributed by atoms with Crippen LogP contribution in [0.15, 0.2) is 0 Å². The number of carbonyl (C=O) groups is 1. The van der Waals surface area contributed by atoms with Crippen molar-refractivity contribution >= 4 is 17.7 Å². The van der Waals surface area contributed by atoms with Gasteiger partial charge in [0.15, 0.2) is 0 Å². The van der Waals surface area contributed by atoms with Gasteiger partial charge in [-0.25, -0.2) is 0 Å². The maximum atomic E-state index is 11.7. The van der Waals surface area contributed by atoms with E-state index in [0.29, 0.717) is 6.54 Å². The van der Waals surface area contributed by atoms with Crippen molar-refractivity contribution in [3.05, 3.63) is 0 Å². The second-order valence-electron chi connectivity index (χ2n) is 3.28. The van der Waals surface area contributed by atoms with Gasteiger partial charge in [0, 0.05) is 5.25 Å². The van der Waals surface area contributed by atoms with E-state index in [2.05, 4.69) is 11.2 Å². The maximum absolute atomic E-state index is 11.7. The Morgan fingerprint density at radius 3 is 3.00 bits per heavy atom. The predicted molar refractivity (Wildman–Crippen MR) is 58.1 cm³/mol. The molecule has 1 rings (SSSR count). The molecule has 0 bridgehead atoms. The molecule has 2 unspecified atom stereocenters. The van der Waals surface area contributed by atoms with Gasteiger partial charge in [-0.05, 0) is 12.2 Å². The lowest BCUT2D eigenvalue weighted by Gasteiger charge is -2.30. The molecular weight excluding hydrogens is 198 g/mol. The molecule has 1 aliphatic rings. The van der Waals surface area contributed by atoms with Crippen LogP contribution in [0.3, 0.4) is 0 Å². The smallest absolute Gasteiger partial charge is 0.327 e. The fourth-order valence-corrected chi connectivity index (χ4v) is 3.08. The van der Waals surface area contributed by atoms with Gasteiger partial charge in [-0.15, -0.1) is 6.42 Å². The van der Waals surface area contributed by atoms with Crippen LogP contribution in [0.25, 0.3) is 0 Å². The van der Waals surface area contributed by atoms with E-state index in [1.807, 2.05) is 6.92 Å². The molecular formula is C10H15NO2S. The van der Waals surface area contributed by atoms with Crippen LogP contribution in [0, 0.1) is 12.3 Å². The zero-order valence-electron chi connectivity index (χ0n) is 8.50. The zero-order valence-corrected chi connectivity index (χ0v) is 9.32. The third kappa shape index (κ3) is 1.89. The van der Waals surface area contributed by atoms with Crippen molar-refractivity contribution in [3.63, 3.8) is 0 Å². The molecule has 0 amide bonds. The average molecular weight is 213 g/mol. The van der Waals surface area contributed by atoms with Gasteiger partial charge >= 0.3 is 5.97 Å². The van der Waals surface area contributed by atoms with Gasteiger partial charge in [0.2, 0.25) is 0 Å². The molecule has 0 saturated carbocycles. The van der Waals surface area contributed by atoms with E-state index < -0.39 is 5.54 Å². The number of hydrogen-bond donors (Lipinski definition) is 1. The summed E-state index contributed by atoms with van der Waals surface area (Å²) in [7, 11) is 1.41. The highest BCUT2D eigenvalue weighted by Gasteiger charge is 2.47. The molecule has 1 saturated heterocycles. The summed E-state index contributed by atoms with van der Waals surface area (Å²) in [5, 5.41) is 3.33. The standard InChI is InChI=1S/C10H15NO2S/c1-4-6-11-10(9(12)13-3)5-7-14-8(10)2/h1,8,11H,5-7H2,2-3H3. The quantitative estimate of drug-likeness (QED) is 0.552. The summed E-state index contributed by atoms with van der Waals surface area (Å²) in [5.74, 6) is 3.25. The van der Waals surface area contributed by atoms with Gasteiger partial charge in [0.05, 0.1) is 13.7 Å². The molecule has 1 heterocycles. The van der Waals surface area contributed by atoms with Crippen molar-refractivity contribution in [3.8, 4) is 12.3 Å². The van der Waals surface area contributed by atoms with Crippen LogP contribution < -0.4 is 5.32 Å². The van der Waals surface area contributed by atoms with Gasteiger partial charge in [-0.1, -0.05) is 12.8 Å². The van der Waals surface area contributed by atoms with E-state index in [1.165, 1.54) is 7.11 Å². The number of carbonyl (C=O) groups excluding carboxylic acids is 1. The first kappa shape index (κ1) is 11.4. The number of thioether (sulfide) groups is 1. The molecule has 1 N–H and O–H groups in total. The topological polar surface area (TPSA) is 38.3 Å². The lowest BCUT2D eigenvalue weighted by atomic mass is 9.93. The third-order valence-corrected chi connectivity index (χ3v) is 3.96. The molecule has 0 aromatic heterocycles. The summed E-state index contributed by atoms with van der Waals surface area (Å²) in [4.78, 5) is 11.7. The fraction of sp³-hybridized carbons (Fsp3) is 0.700. The highest BCUT2D eigenvalue weighted by molar-refractivity contribution is 8.00. The van der Waals surface area contributed by atoms with Crippen molar-refractivity contribution in [2.45, 2.75) is 24.1 Å². The number of nitrogens with one attached hydrogen (secondary N) is 1. The van der Waals surface area contributed by atoms with E-state index in [9.17, 15) is 4.79 Å². The summed E-state index contributed by atoms with van der Waals surface area (Å²) in [6.07, 6.45) is 5.97. The van der Waals surface area contributed by atoms with Crippen molar-refractivity contribution in [1.29, 1.82) is 0 Å². The van der Waals surface area contributed by atoms with E-state index >= 15 is 0 Å². The largest absolute Gasteiger partial charge is 0.468 e. The van der Waals surface area contributed by atoms with Gasteiger partial charge in [-0.2, -0.15) is 11.8 Å². The lowest BCUT2D eigenvalue weighted by molar-refractivity contribution is -0.148. The third-order valence-electron chi connectivity index (χ3n) is 2.61. The van der Waals surface area contributed by atoms with E-state index in [1.54, 1.807) is 11.8 Å². The minimum atomic E-state index is -0.578. The fourth-order valence-electron chi connectivity index (χ4n) is 1.71. The van der Waals surface area contributed by atoms with Crippen molar-refractivity contribution in [2.75, 3.05) is 19.4 Å². The zero-order chi connectivity index (χ0) is 10.6. The van der Waals surface area contributed by atoms with E-state index in [4.69, 9.17) is 11.2 Å². The number of hydrogen-bond acceptors (Lipinski definition) is 4. The monoisotopic (exact) mass is 213 g/mol. The normalized spacial score (nSPS) is 31.1. The molecule has 1 aliphatic heterocycles. The van der Waals surface area contributed by atoms with Crippen LogP contribution in [-0.2, 0) is 9.53 Å².